The quantitative estimate of drug-likeness (QED) is 0.830. The monoisotopic (exact) mass is 302 g/mol. The molecule has 0 spiro atoms. The Kier molecular flexibility index (Phi) is 2.89. The van der Waals surface area contributed by atoms with E-state index in [4.69, 9.17) is 18.9 Å². The van der Waals surface area contributed by atoms with Gasteiger partial charge in [0.05, 0.1) is 11.1 Å². The minimum Gasteiger partial charge on any atom is -0.507 e. The molecule has 0 radical (unpaired) electrons. The van der Waals surface area contributed by atoms with Crippen LogP contribution in [0.2, 0.25) is 0 Å². The van der Waals surface area contributed by atoms with E-state index in [2.05, 4.69) is 0 Å². The van der Waals surface area contributed by atoms with E-state index in [-0.39, 0.29) is 18.3 Å². The Hall–Kier alpha value is -2.76. The molecule has 2 N–H and O–H groups in total. The Morgan fingerprint density at radius 3 is 2.68 bits per heavy atom. The van der Waals surface area contributed by atoms with E-state index in [0.717, 1.165) is 0 Å². The molecule has 0 saturated carbocycles. The van der Waals surface area contributed by atoms with Gasteiger partial charge in [0.25, 0.3) is 0 Å². The van der Waals surface area contributed by atoms with E-state index in [0.29, 0.717) is 53.8 Å². The number of fused-ring (bicyclic) bond motifs is 2. The summed E-state index contributed by atoms with van der Waals surface area (Å²) < 4.78 is 22.1. The number of rotatable bonds is 1. The summed E-state index contributed by atoms with van der Waals surface area (Å²) in [5, 5.41) is 20.7. The Labute approximate surface area is 126 Å². The molecule has 6 heteroatoms. The summed E-state index contributed by atoms with van der Waals surface area (Å²) >= 11 is 0. The molecule has 0 aromatic heterocycles. The summed E-state index contributed by atoms with van der Waals surface area (Å²) in [5.74, 6) is 1.83. The molecule has 1 fully saturated rings. The zero-order chi connectivity index (χ0) is 15.1. The molecule has 2 heterocycles. The van der Waals surface area contributed by atoms with Crippen LogP contribution in [-0.4, -0.2) is 30.2 Å². The average molecular weight is 302 g/mol. The number of aromatic hydroxyl groups is 1. The van der Waals surface area contributed by atoms with Crippen LogP contribution in [0.3, 0.4) is 0 Å². The van der Waals surface area contributed by atoms with Gasteiger partial charge >= 0.3 is 0 Å². The first-order valence-corrected chi connectivity index (χ1v) is 6.97. The number of aliphatic hydroxyl groups is 1. The lowest BCUT2D eigenvalue weighted by atomic mass is 9.99. The smallest absolute Gasteiger partial charge is 0.231 e. The van der Waals surface area contributed by atoms with E-state index in [1.165, 1.54) is 6.07 Å². The van der Waals surface area contributed by atoms with Gasteiger partial charge < -0.3 is 29.2 Å². The largest absolute Gasteiger partial charge is 0.507 e. The predicted molar refractivity (Wildman–Crippen MR) is 76.5 cm³/mol. The topological polar surface area (TPSA) is 77.4 Å². The van der Waals surface area contributed by atoms with Gasteiger partial charge in [-0.25, -0.2) is 0 Å². The van der Waals surface area contributed by atoms with Crippen molar-refractivity contribution in [1.82, 2.24) is 0 Å². The van der Waals surface area contributed by atoms with Crippen LogP contribution in [-0.2, 0) is 9.47 Å². The average Bonchev–Trinajstić information content (AvgIpc) is 2.93. The van der Waals surface area contributed by atoms with Crippen molar-refractivity contribution >= 4 is 5.57 Å². The number of aliphatic hydroxyl groups excluding tert-OH is 1. The number of phenols is 1. The van der Waals surface area contributed by atoms with Gasteiger partial charge in [0, 0.05) is 0 Å². The lowest BCUT2D eigenvalue weighted by Gasteiger charge is -2.23. The Balaban J connectivity index is 1.99. The molecule has 0 bridgehead atoms. The van der Waals surface area contributed by atoms with Gasteiger partial charge in [-0.2, -0.15) is 0 Å². The molecule has 6 nitrogen and oxygen atoms in total. The molecule has 1 aromatic carbocycles. The van der Waals surface area contributed by atoms with E-state index in [1.54, 1.807) is 12.1 Å². The highest BCUT2D eigenvalue weighted by Crippen LogP contribution is 2.48. The fraction of sp³-hybridized carbons (Fsp3) is 0.250. The second-order valence-electron chi connectivity index (χ2n) is 4.99. The number of hydrogen-bond donors (Lipinski definition) is 2. The second-order valence-corrected chi connectivity index (χ2v) is 4.99. The van der Waals surface area contributed by atoms with E-state index in [9.17, 15) is 10.2 Å². The van der Waals surface area contributed by atoms with Gasteiger partial charge in [0.1, 0.15) is 24.7 Å². The van der Waals surface area contributed by atoms with Crippen molar-refractivity contribution in [2.45, 2.75) is 6.42 Å². The van der Waals surface area contributed by atoms with Crippen molar-refractivity contribution in [3.05, 3.63) is 47.1 Å². The van der Waals surface area contributed by atoms with Crippen LogP contribution in [0.5, 0.6) is 17.2 Å². The van der Waals surface area contributed by atoms with Crippen LogP contribution in [0.25, 0.3) is 5.57 Å². The first-order valence-electron chi connectivity index (χ1n) is 6.97. The van der Waals surface area contributed by atoms with Crippen molar-refractivity contribution in [3.63, 3.8) is 0 Å². The normalized spacial score (nSPS) is 19.5. The Morgan fingerprint density at radius 2 is 1.77 bits per heavy atom. The van der Waals surface area contributed by atoms with Crippen molar-refractivity contribution in [1.29, 1.82) is 0 Å². The SMILES string of the molecule is OC1=CCC=C2OCCOC2=C1c1c(O)ccc2c1OCO2. The Morgan fingerprint density at radius 1 is 0.909 bits per heavy atom. The maximum atomic E-state index is 10.4. The molecule has 22 heavy (non-hydrogen) atoms. The van der Waals surface area contributed by atoms with Crippen LogP contribution in [0.1, 0.15) is 12.0 Å². The summed E-state index contributed by atoms with van der Waals surface area (Å²) in [6.07, 6.45) is 3.97. The van der Waals surface area contributed by atoms with Crippen LogP contribution in [0.15, 0.2) is 41.6 Å². The maximum absolute atomic E-state index is 10.4. The minimum absolute atomic E-state index is 0.00551. The first kappa shape index (κ1) is 12.9. The van der Waals surface area contributed by atoms with Gasteiger partial charge in [-0.1, -0.05) is 0 Å². The van der Waals surface area contributed by atoms with Gasteiger partial charge in [-0.3, -0.25) is 0 Å². The molecule has 3 aliphatic rings. The van der Waals surface area contributed by atoms with E-state index >= 15 is 0 Å². The zero-order valence-electron chi connectivity index (χ0n) is 11.7. The highest BCUT2D eigenvalue weighted by atomic mass is 16.7. The predicted octanol–water partition coefficient (Wildman–Crippen LogP) is 2.61. The van der Waals surface area contributed by atoms with E-state index < -0.39 is 0 Å². The summed E-state index contributed by atoms with van der Waals surface area (Å²) in [6, 6.07) is 3.13. The van der Waals surface area contributed by atoms with Gasteiger partial charge in [0.15, 0.2) is 23.0 Å². The van der Waals surface area contributed by atoms with Crippen LogP contribution < -0.4 is 9.47 Å². The summed E-state index contributed by atoms with van der Waals surface area (Å²) in [4.78, 5) is 0. The van der Waals surface area contributed by atoms with E-state index in [1.807, 2.05) is 6.08 Å². The van der Waals surface area contributed by atoms with Crippen LogP contribution >= 0.6 is 0 Å². The van der Waals surface area contributed by atoms with Gasteiger partial charge in [0.2, 0.25) is 6.79 Å². The third-order valence-corrected chi connectivity index (χ3v) is 3.68. The first-order chi connectivity index (χ1) is 10.8. The van der Waals surface area contributed by atoms with Crippen LogP contribution in [0, 0.1) is 0 Å². The standard InChI is InChI=1S/C16H14O6/c17-9-2-1-3-11-15(20-7-6-19-11)13(9)14-10(18)4-5-12-16(14)22-8-21-12/h2-5,17-18H,1,6-8H2. The highest BCUT2D eigenvalue weighted by Gasteiger charge is 2.31. The number of ether oxygens (including phenoxy) is 4. The van der Waals surface area contributed by atoms with Crippen molar-refractivity contribution in [2.24, 2.45) is 0 Å². The van der Waals surface area contributed by atoms with Gasteiger partial charge in [-0.05, 0) is 30.7 Å². The molecule has 1 aromatic rings. The summed E-state index contributed by atoms with van der Waals surface area (Å²) in [6.45, 7) is 0.886. The number of benzene rings is 1. The summed E-state index contributed by atoms with van der Waals surface area (Å²) in [7, 11) is 0. The van der Waals surface area contributed by atoms with Crippen molar-refractivity contribution in [2.75, 3.05) is 20.0 Å². The molecular formula is C16H14O6. The molecule has 1 saturated heterocycles. The molecule has 0 amide bonds. The molecule has 4 rings (SSSR count). The molecule has 1 aliphatic carbocycles. The molecule has 114 valence electrons. The number of allylic oxidation sites excluding steroid dienone is 3. The lowest BCUT2D eigenvalue weighted by Crippen LogP contribution is -2.16. The third-order valence-electron chi connectivity index (χ3n) is 3.68. The number of phenolic OH excluding ortho intramolecular Hbond substituents is 1. The molecular weight excluding hydrogens is 288 g/mol. The maximum Gasteiger partial charge on any atom is 0.231 e. The minimum atomic E-state index is -0.0258. The molecule has 0 atom stereocenters. The third kappa shape index (κ3) is 1.88. The summed E-state index contributed by atoms with van der Waals surface area (Å²) in [5.41, 5.74) is 0.695. The second kappa shape index (κ2) is 4.91. The highest BCUT2D eigenvalue weighted by molar-refractivity contribution is 5.88. The lowest BCUT2D eigenvalue weighted by molar-refractivity contribution is 0.0602. The fourth-order valence-corrected chi connectivity index (χ4v) is 2.72. The van der Waals surface area contributed by atoms with Crippen LogP contribution in [0.4, 0.5) is 0 Å². The Bertz CT molecular complexity index is 728. The number of hydrogen-bond acceptors (Lipinski definition) is 6. The molecule has 2 aliphatic heterocycles. The van der Waals surface area contributed by atoms with Gasteiger partial charge in [-0.15, -0.1) is 0 Å². The molecule has 0 unspecified atom stereocenters. The fourth-order valence-electron chi connectivity index (χ4n) is 2.72. The van der Waals surface area contributed by atoms with Crippen molar-refractivity contribution in [3.8, 4) is 17.2 Å². The zero-order valence-corrected chi connectivity index (χ0v) is 11.7. The van der Waals surface area contributed by atoms with Crippen molar-refractivity contribution < 1.29 is 29.2 Å².